The molecule has 0 atom stereocenters. The molecule has 0 fully saturated rings. The van der Waals surface area contributed by atoms with E-state index in [0.717, 1.165) is 6.07 Å². The zero-order valence-corrected chi connectivity index (χ0v) is 10.6. The number of halogens is 2. The number of carbonyl (C=O) groups excluding carboxylic acids is 2. The van der Waals surface area contributed by atoms with Crippen LogP contribution in [0.1, 0.15) is 41.0 Å². The first-order valence-corrected chi connectivity index (χ1v) is 5.78. The van der Waals surface area contributed by atoms with Gasteiger partial charge in [0, 0.05) is 12.0 Å². The van der Waals surface area contributed by atoms with Gasteiger partial charge in [-0.1, -0.05) is 6.92 Å². The lowest BCUT2D eigenvalue weighted by atomic mass is 10.0. The second-order valence-corrected chi connectivity index (χ2v) is 3.62. The average molecular weight is 272 g/mol. The number of rotatable bonds is 6. The number of alkyl halides is 2. The van der Waals surface area contributed by atoms with Gasteiger partial charge in [-0.3, -0.25) is 4.79 Å². The summed E-state index contributed by atoms with van der Waals surface area (Å²) in [6, 6.07) is 3.61. The third-order valence-corrected chi connectivity index (χ3v) is 2.29. The molecule has 1 aromatic carbocycles. The van der Waals surface area contributed by atoms with Crippen LogP contribution < -0.4 is 4.74 Å². The fourth-order valence-electron chi connectivity index (χ4n) is 1.47. The summed E-state index contributed by atoms with van der Waals surface area (Å²) >= 11 is 0. The van der Waals surface area contributed by atoms with Crippen LogP contribution in [-0.2, 0) is 4.74 Å². The maximum atomic E-state index is 12.2. The Morgan fingerprint density at radius 2 is 1.79 bits per heavy atom. The monoisotopic (exact) mass is 272 g/mol. The minimum absolute atomic E-state index is 0.0109. The number of ketones is 1. The molecule has 4 nitrogen and oxygen atoms in total. The van der Waals surface area contributed by atoms with Crippen LogP contribution >= 0.6 is 0 Å². The van der Waals surface area contributed by atoms with Crippen LogP contribution in [0.3, 0.4) is 0 Å². The summed E-state index contributed by atoms with van der Waals surface area (Å²) in [4.78, 5) is 23.2. The van der Waals surface area contributed by atoms with Crippen molar-refractivity contribution < 1.29 is 27.8 Å². The van der Waals surface area contributed by atoms with Gasteiger partial charge in [0.15, 0.2) is 5.78 Å². The van der Waals surface area contributed by atoms with Crippen LogP contribution in [0, 0.1) is 0 Å². The fourth-order valence-corrected chi connectivity index (χ4v) is 1.47. The first kappa shape index (κ1) is 15.1. The van der Waals surface area contributed by atoms with Crippen LogP contribution in [-0.4, -0.2) is 25.0 Å². The molecular formula is C13H14F2O4. The molecule has 0 aliphatic carbocycles. The molecule has 0 aromatic heterocycles. The van der Waals surface area contributed by atoms with Crippen molar-refractivity contribution in [1.29, 1.82) is 0 Å². The second kappa shape index (κ2) is 6.82. The van der Waals surface area contributed by atoms with Gasteiger partial charge in [0.05, 0.1) is 12.2 Å². The van der Waals surface area contributed by atoms with Crippen molar-refractivity contribution >= 4 is 11.8 Å². The quantitative estimate of drug-likeness (QED) is 0.590. The summed E-state index contributed by atoms with van der Waals surface area (Å²) in [6.07, 6.45) is 0.195. The molecule has 0 aliphatic rings. The third-order valence-electron chi connectivity index (χ3n) is 2.29. The molecule has 0 N–H and O–H groups in total. The highest BCUT2D eigenvalue weighted by molar-refractivity contribution is 5.99. The van der Waals surface area contributed by atoms with Crippen LogP contribution in [0.4, 0.5) is 8.78 Å². The van der Waals surface area contributed by atoms with Crippen molar-refractivity contribution in [3.8, 4) is 5.75 Å². The van der Waals surface area contributed by atoms with Crippen molar-refractivity contribution in [3.63, 3.8) is 0 Å². The molecule has 0 unspecified atom stereocenters. The van der Waals surface area contributed by atoms with E-state index in [4.69, 9.17) is 4.74 Å². The first-order chi connectivity index (χ1) is 8.97. The van der Waals surface area contributed by atoms with Crippen molar-refractivity contribution in [3.05, 3.63) is 29.3 Å². The van der Waals surface area contributed by atoms with E-state index in [1.807, 2.05) is 0 Å². The van der Waals surface area contributed by atoms with Gasteiger partial charge in [0.25, 0.3) is 0 Å². The largest absolute Gasteiger partial charge is 0.462 e. The van der Waals surface area contributed by atoms with Crippen molar-refractivity contribution in [2.45, 2.75) is 26.9 Å². The Kier molecular flexibility index (Phi) is 5.41. The first-order valence-electron chi connectivity index (χ1n) is 5.78. The number of Topliss-reactive ketones (excluding diaryl/α,β-unsaturated/α-hetero) is 1. The molecule has 104 valence electrons. The Bertz CT molecular complexity index is 472. The van der Waals surface area contributed by atoms with Gasteiger partial charge in [-0.05, 0) is 25.1 Å². The second-order valence-electron chi connectivity index (χ2n) is 3.62. The summed E-state index contributed by atoms with van der Waals surface area (Å²) < 4.78 is 33.4. The topological polar surface area (TPSA) is 52.6 Å². The molecule has 0 saturated carbocycles. The Morgan fingerprint density at radius 1 is 1.16 bits per heavy atom. The zero-order chi connectivity index (χ0) is 14.4. The maximum Gasteiger partial charge on any atom is 0.387 e. The molecule has 19 heavy (non-hydrogen) atoms. The van der Waals surface area contributed by atoms with E-state index in [2.05, 4.69) is 4.74 Å². The lowest BCUT2D eigenvalue weighted by Gasteiger charge is -2.09. The fraction of sp³-hybridized carbons (Fsp3) is 0.385. The van der Waals surface area contributed by atoms with Gasteiger partial charge < -0.3 is 9.47 Å². The molecule has 0 saturated heterocycles. The molecule has 0 radical (unpaired) electrons. The van der Waals surface area contributed by atoms with E-state index >= 15 is 0 Å². The van der Waals surface area contributed by atoms with Crippen molar-refractivity contribution in [1.82, 2.24) is 0 Å². The predicted molar refractivity (Wildman–Crippen MR) is 63.7 cm³/mol. The van der Waals surface area contributed by atoms with Gasteiger partial charge in [0.1, 0.15) is 5.75 Å². The highest BCUT2D eigenvalue weighted by Crippen LogP contribution is 2.21. The minimum Gasteiger partial charge on any atom is -0.462 e. The van der Waals surface area contributed by atoms with E-state index in [-0.39, 0.29) is 35.7 Å². The Balaban J connectivity index is 3.15. The number of ether oxygens (including phenoxy) is 2. The number of benzene rings is 1. The van der Waals surface area contributed by atoms with E-state index in [9.17, 15) is 18.4 Å². The van der Waals surface area contributed by atoms with Gasteiger partial charge in [-0.15, -0.1) is 0 Å². The van der Waals surface area contributed by atoms with Gasteiger partial charge in [-0.2, -0.15) is 8.78 Å². The van der Waals surface area contributed by atoms with E-state index in [1.54, 1.807) is 13.8 Å². The van der Waals surface area contributed by atoms with E-state index < -0.39 is 12.6 Å². The molecule has 1 aromatic rings. The summed E-state index contributed by atoms with van der Waals surface area (Å²) in [5.41, 5.74) is 0.153. The standard InChI is InChI=1S/C13H14F2O4/c1-3-11(16)8-5-9(12(17)18-4-2)7-10(6-8)19-13(14)15/h5-7,13H,3-4H2,1-2H3. The molecule has 0 aliphatic heterocycles. The smallest absolute Gasteiger partial charge is 0.387 e. The molecule has 0 bridgehead atoms. The molecular weight excluding hydrogens is 258 g/mol. The maximum absolute atomic E-state index is 12.2. The summed E-state index contributed by atoms with van der Waals surface area (Å²) in [7, 11) is 0. The summed E-state index contributed by atoms with van der Waals surface area (Å²) in [5, 5.41) is 0. The number of carbonyl (C=O) groups is 2. The number of hydrogen-bond acceptors (Lipinski definition) is 4. The van der Waals surface area contributed by atoms with Crippen LogP contribution in [0.25, 0.3) is 0 Å². The molecule has 0 heterocycles. The van der Waals surface area contributed by atoms with Crippen LogP contribution in [0.2, 0.25) is 0 Å². The Hall–Kier alpha value is -1.98. The average Bonchev–Trinajstić information content (AvgIpc) is 2.36. The number of hydrogen-bond donors (Lipinski definition) is 0. The van der Waals surface area contributed by atoms with Crippen LogP contribution in [0.5, 0.6) is 5.75 Å². The predicted octanol–water partition coefficient (Wildman–Crippen LogP) is 3.06. The van der Waals surface area contributed by atoms with Crippen molar-refractivity contribution in [2.75, 3.05) is 6.61 Å². The Morgan fingerprint density at radius 3 is 2.32 bits per heavy atom. The normalized spacial score (nSPS) is 10.4. The summed E-state index contributed by atoms with van der Waals surface area (Å²) in [6.45, 7) is 0.375. The third kappa shape index (κ3) is 4.31. The molecule has 0 spiro atoms. The van der Waals surface area contributed by atoms with Gasteiger partial charge in [0.2, 0.25) is 0 Å². The van der Waals surface area contributed by atoms with E-state index in [0.29, 0.717) is 0 Å². The molecule has 1 rings (SSSR count). The summed E-state index contributed by atoms with van der Waals surface area (Å²) in [5.74, 6) is -1.20. The van der Waals surface area contributed by atoms with Gasteiger partial charge in [-0.25, -0.2) is 4.79 Å². The number of esters is 1. The highest BCUT2D eigenvalue weighted by atomic mass is 19.3. The SMILES string of the molecule is CCOC(=O)c1cc(OC(F)F)cc(C(=O)CC)c1. The molecule has 0 amide bonds. The Labute approximate surface area is 109 Å². The van der Waals surface area contributed by atoms with Crippen molar-refractivity contribution in [2.24, 2.45) is 0 Å². The minimum atomic E-state index is -3.03. The lowest BCUT2D eigenvalue weighted by Crippen LogP contribution is -2.09. The van der Waals surface area contributed by atoms with Crippen LogP contribution in [0.15, 0.2) is 18.2 Å². The highest BCUT2D eigenvalue weighted by Gasteiger charge is 2.15. The van der Waals surface area contributed by atoms with E-state index in [1.165, 1.54) is 12.1 Å². The molecule has 6 heteroatoms. The van der Waals surface area contributed by atoms with Gasteiger partial charge >= 0.3 is 12.6 Å². The zero-order valence-electron chi connectivity index (χ0n) is 10.6. The lowest BCUT2D eigenvalue weighted by molar-refractivity contribution is -0.0499.